The summed E-state index contributed by atoms with van der Waals surface area (Å²) in [5.74, 6) is 0.932. The largest absolute Gasteiger partial charge is 0.476 e. The van der Waals surface area contributed by atoms with Gasteiger partial charge in [0.15, 0.2) is 0 Å². The van der Waals surface area contributed by atoms with Crippen molar-refractivity contribution in [2.45, 2.75) is 32.7 Å². The number of carbonyl (C=O) groups is 2. The van der Waals surface area contributed by atoms with Crippen LogP contribution in [-0.2, 0) is 6.42 Å². The molecular formula is C21H27N5O4. The van der Waals surface area contributed by atoms with Crippen LogP contribution in [0.3, 0.4) is 0 Å². The van der Waals surface area contributed by atoms with Crippen molar-refractivity contribution in [1.29, 1.82) is 0 Å². The molecule has 4 rings (SSSR count). The molecule has 9 heteroatoms. The Kier molecular flexibility index (Phi) is 5.38. The van der Waals surface area contributed by atoms with Crippen molar-refractivity contribution in [1.82, 2.24) is 15.6 Å². The molecule has 0 aromatic carbocycles. The number of piperazine rings is 1. The fourth-order valence-corrected chi connectivity index (χ4v) is 3.79. The monoisotopic (exact) mass is 413 g/mol. The number of nitrogens with zero attached hydrogens (tertiary/aromatic N) is 2. The molecular weight excluding hydrogens is 386 g/mol. The SMILES string of the molecule is CCOc1nc(N2CCNCC2)ccc1NC(=O)c1coc2c1C(=O)NC(C)(C)C2. The molecule has 30 heavy (non-hydrogen) atoms. The number of furan rings is 1. The Morgan fingerprint density at radius 1 is 1.33 bits per heavy atom. The average molecular weight is 413 g/mol. The summed E-state index contributed by atoms with van der Waals surface area (Å²) in [4.78, 5) is 32.2. The molecule has 0 spiro atoms. The van der Waals surface area contributed by atoms with Gasteiger partial charge in [-0.05, 0) is 32.9 Å². The normalized spacial score (nSPS) is 17.8. The molecule has 0 atom stereocenters. The summed E-state index contributed by atoms with van der Waals surface area (Å²) in [5, 5.41) is 9.04. The van der Waals surface area contributed by atoms with Gasteiger partial charge in [0.2, 0.25) is 5.88 Å². The van der Waals surface area contributed by atoms with E-state index in [9.17, 15) is 9.59 Å². The van der Waals surface area contributed by atoms with Crippen molar-refractivity contribution in [3.63, 3.8) is 0 Å². The van der Waals surface area contributed by atoms with Gasteiger partial charge in [0.1, 0.15) is 23.5 Å². The third kappa shape index (κ3) is 3.97. The van der Waals surface area contributed by atoms with E-state index in [1.165, 1.54) is 6.26 Å². The minimum atomic E-state index is -0.437. The molecule has 3 N–H and O–H groups in total. The van der Waals surface area contributed by atoms with Gasteiger partial charge in [-0.25, -0.2) is 0 Å². The van der Waals surface area contributed by atoms with E-state index < -0.39 is 11.4 Å². The maximum absolute atomic E-state index is 12.9. The maximum Gasteiger partial charge on any atom is 0.259 e. The maximum atomic E-state index is 12.9. The lowest BCUT2D eigenvalue weighted by Crippen LogP contribution is -2.49. The molecule has 1 fully saturated rings. The number of amides is 2. The highest BCUT2D eigenvalue weighted by Gasteiger charge is 2.36. The summed E-state index contributed by atoms with van der Waals surface area (Å²) in [7, 11) is 0. The highest BCUT2D eigenvalue weighted by Crippen LogP contribution is 2.30. The Morgan fingerprint density at radius 2 is 2.10 bits per heavy atom. The smallest absolute Gasteiger partial charge is 0.259 e. The minimum Gasteiger partial charge on any atom is -0.476 e. The van der Waals surface area contributed by atoms with Gasteiger partial charge in [0.25, 0.3) is 11.8 Å². The summed E-state index contributed by atoms with van der Waals surface area (Å²) in [5.41, 5.74) is 0.524. The Labute approximate surface area is 175 Å². The summed E-state index contributed by atoms with van der Waals surface area (Å²) in [6, 6.07) is 3.65. The first-order valence-corrected chi connectivity index (χ1v) is 10.2. The Bertz CT molecular complexity index is 962. The molecule has 160 valence electrons. The molecule has 0 unspecified atom stereocenters. The van der Waals surface area contributed by atoms with E-state index in [0.717, 1.165) is 32.0 Å². The summed E-state index contributed by atoms with van der Waals surface area (Å²) < 4.78 is 11.2. The first kappa shape index (κ1) is 20.2. The molecule has 2 aromatic heterocycles. The van der Waals surface area contributed by atoms with Gasteiger partial charge in [-0.15, -0.1) is 0 Å². The third-order valence-electron chi connectivity index (χ3n) is 5.21. The molecule has 0 radical (unpaired) electrons. The predicted molar refractivity (Wildman–Crippen MR) is 112 cm³/mol. The lowest BCUT2D eigenvalue weighted by atomic mass is 9.91. The van der Waals surface area contributed by atoms with Crippen molar-refractivity contribution in [3.8, 4) is 5.88 Å². The van der Waals surface area contributed by atoms with E-state index in [1.54, 1.807) is 6.07 Å². The van der Waals surface area contributed by atoms with Crippen LogP contribution < -0.4 is 25.6 Å². The number of pyridine rings is 1. The summed E-state index contributed by atoms with van der Waals surface area (Å²) in [6.45, 7) is 9.62. The number of aromatic nitrogens is 1. The minimum absolute atomic E-state index is 0.201. The molecule has 2 amide bonds. The van der Waals surface area contributed by atoms with Crippen LogP contribution in [0.5, 0.6) is 5.88 Å². The van der Waals surface area contributed by atoms with Crippen LogP contribution in [0.2, 0.25) is 0 Å². The van der Waals surface area contributed by atoms with Crippen LogP contribution in [0.4, 0.5) is 11.5 Å². The van der Waals surface area contributed by atoms with E-state index in [0.29, 0.717) is 30.4 Å². The number of rotatable bonds is 5. The van der Waals surface area contributed by atoms with Gasteiger partial charge in [0.05, 0.1) is 17.7 Å². The van der Waals surface area contributed by atoms with E-state index in [1.807, 2.05) is 26.8 Å². The molecule has 0 saturated carbocycles. The molecule has 0 aliphatic carbocycles. The first-order chi connectivity index (χ1) is 14.4. The van der Waals surface area contributed by atoms with Gasteiger partial charge in [-0.1, -0.05) is 0 Å². The van der Waals surface area contributed by atoms with E-state index in [4.69, 9.17) is 9.15 Å². The predicted octanol–water partition coefficient (Wildman–Crippen LogP) is 1.80. The van der Waals surface area contributed by atoms with Crippen molar-refractivity contribution >= 4 is 23.3 Å². The van der Waals surface area contributed by atoms with Crippen LogP contribution in [0, 0.1) is 0 Å². The quantitative estimate of drug-likeness (QED) is 0.686. The van der Waals surface area contributed by atoms with Crippen molar-refractivity contribution in [2.75, 3.05) is 43.0 Å². The van der Waals surface area contributed by atoms with Gasteiger partial charge >= 0.3 is 0 Å². The Balaban J connectivity index is 1.58. The van der Waals surface area contributed by atoms with Gasteiger partial charge in [-0.3, -0.25) is 9.59 Å². The number of ether oxygens (including phenoxy) is 1. The number of carbonyl (C=O) groups excluding carboxylic acids is 2. The molecule has 4 heterocycles. The number of anilines is 2. The average Bonchev–Trinajstić information content (AvgIpc) is 3.13. The van der Waals surface area contributed by atoms with Crippen molar-refractivity contribution < 1.29 is 18.7 Å². The van der Waals surface area contributed by atoms with Crippen LogP contribution in [0.1, 0.15) is 47.2 Å². The second-order valence-electron chi connectivity index (χ2n) is 8.11. The van der Waals surface area contributed by atoms with Crippen LogP contribution >= 0.6 is 0 Å². The van der Waals surface area contributed by atoms with Gasteiger partial charge < -0.3 is 30.0 Å². The lowest BCUT2D eigenvalue weighted by Gasteiger charge is -2.29. The molecule has 1 saturated heterocycles. The van der Waals surface area contributed by atoms with Crippen LogP contribution in [0.25, 0.3) is 0 Å². The fourth-order valence-electron chi connectivity index (χ4n) is 3.79. The molecule has 9 nitrogen and oxygen atoms in total. The number of hydrogen-bond donors (Lipinski definition) is 3. The zero-order chi connectivity index (χ0) is 21.3. The van der Waals surface area contributed by atoms with Crippen molar-refractivity contribution in [3.05, 3.63) is 35.3 Å². The van der Waals surface area contributed by atoms with E-state index in [2.05, 4.69) is 25.8 Å². The van der Waals surface area contributed by atoms with Crippen molar-refractivity contribution in [2.24, 2.45) is 0 Å². The standard InChI is InChI=1S/C21H27N5O4/c1-4-29-20-14(5-6-16(24-20)26-9-7-22-8-10-26)23-18(27)13-12-30-15-11-21(2,3)25-19(28)17(13)15/h5-6,12,22H,4,7-11H2,1-3H3,(H,23,27)(H,25,28). The zero-order valence-corrected chi connectivity index (χ0v) is 17.5. The zero-order valence-electron chi connectivity index (χ0n) is 17.5. The van der Waals surface area contributed by atoms with Crippen LogP contribution in [-0.4, -0.2) is 55.1 Å². The molecule has 0 bridgehead atoms. The molecule has 2 aromatic rings. The van der Waals surface area contributed by atoms with Gasteiger partial charge in [-0.2, -0.15) is 4.98 Å². The summed E-state index contributed by atoms with van der Waals surface area (Å²) in [6.07, 6.45) is 1.86. The van der Waals surface area contributed by atoms with E-state index >= 15 is 0 Å². The lowest BCUT2D eigenvalue weighted by molar-refractivity contribution is 0.0882. The number of nitrogens with one attached hydrogen (secondary N) is 3. The third-order valence-corrected chi connectivity index (χ3v) is 5.21. The summed E-state index contributed by atoms with van der Waals surface area (Å²) >= 11 is 0. The Hall–Kier alpha value is -3.07. The van der Waals surface area contributed by atoms with Gasteiger partial charge in [0, 0.05) is 38.1 Å². The number of fused-ring (bicyclic) bond motifs is 1. The molecule has 2 aliphatic rings. The fraction of sp³-hybridized carbons (Fsp3) is 0.476. The second kappa shape index (κ2) is 7.98. The highest BCUT2D eigenvalue weighted by molar-refractivity contribution is 6.13. The van der Waals surface area contributed by atoms with Crippen LogP contribution in [0.15, 0.2) is 22.8 Å². The van der Waals surface area contributed by atoms with E-state index in [-0.39, 0.29) is 17.0 Å². The second-order valence-corrected chi connectivity index (χ2v) is 8.11. The number of hydrogen-bond acceptors (Lipinski definition) is 7. The topological polar surface area (TPSA) is 109 Å². The molecule has 2 aliphatic heterocycles. The first-order valence-electron chi connectivity index (χ1n) is 10.2. The highest BCUT2D eigenvalue weighted by atomic mass is 16.5. The Morgan fingerprint density at radius 3 is 2.83 bits per heavy atom.